The number of hydrogen-bond donors (Lipinski definition) is 2. The zero-order valence-electron chi connectivity index (χ0n) is 13.1. The summed E-state index contributed by atoms with van der Waals surface area (Å²) in [5, 5.41) is 7.96. The van der Waals surface area contributed by atoms with Crippen LogP contribution in [0.1, 0.15) is 34.3 Å². The molecule has 0 bridgehead atoms. The van der Waals surface area contributed by atoms with Crippen LogP contribution in [-0.4, -0.2) is 20.9 Å². The zero-order valence-corrected chi connectivity index (χ0v) is 13.9. The van der Waals surface area contributed by atoms with Crippen molar-refractivity contribution in [1.29, 1.82) is 0 Å². The van der Waals surface area contributed by atoms with Gasteiger partial charge < -0.3 is 5.32 Å². The second-order valence-electron chi connectivity index (χ2n) is 5.54. The summed E-state index contributed by atoms with van der Waals surface area (Å²) in [6.07, 6.45) is 0. The average molecular weight is 332 g/mol. The maximum absolute atomic E-state index is 12.3. The van der Waals surface area contributed by atoms with Crippen molar-refractivity contribution in [2.24, 2.45) is 5.14 Å². The van der Waals surface area contributed by atoms with Crippen molar-refractivity contribution < 1.29 is 13.2 Å². The lowest BCUT2D eigenvalue weighted by Crippen LogP contribution is -2.28. The van der Waals surface area contributed by atoms with Crippen molar-refractivity contribution in [1.82, 2.24) is 5.32 Å². The third-order valence-electron chi connectivity index (χ3n) is 3.72. The number of primary sulfonamides is 1. The van der Waals surface area contributed by atoms with E-state index in [4.69, 9.17) is 5.14 Å². The number of amides is 1. The minimum Gasteiger partial charge on any atom is -0.351 e. The molecule has 122 valence electrons. The van der Waals surface area contributed by atoms with Crippen molar-refractivity contribution in [3.8, 4) is 0 Å². The highest BCUT2D eigenvalue weighted by molar-refractivity contribution is 7.89. The van der Waals surface area contributed by atoms with Crippen LogP contribution in [0.4, 0.5) is 0 Å². The fourth-order valence-electron chi connectivity index (χ4n) is 2.26. The third-order valence-corrected chi connectivity index (χ3v) is 4.63. The van der Waals surface area contributed by atoms with Gasteiger partial charge in [0.1, 0.15) is 0 Å². The van der Waals surface area contributed by atoms with Crippen molar-refractivity contribution >= 4 is 15.9 Å². The molecule has 0 unspecified atom stereocenters. The van der Waals surface area contributed by atoms with Crippen molar-refractivity contribution in [3.63, 3.8) is 0 Å². The van der Waals surface area contributed by atoms with Gasteiger partial charge in [-0.25, -0.2) is 13.6 Å². The van der Waals surface area contributed by atoms with Crippen molar-refractivity contribution in [2.45, 2.75) is 24.7 Å². The van der Waals surface area contributed by atoms with Gasteiger partial charge in [-0.2, -0.15) is 0 Å². The summed E-state index contributed by atoms with van der Waals surface area (Å²) in [6, 6.07) is 14.1. The molecule has 6 heteroatoms. The van der Waals surface area contributed by atoms with E-state index in [0.717, 1.165) is 5.56 Å². The van der Waals surface area contributed by atoms with Crippen LogP contribution in [0.2, 0.25) is 0 Å². The second-order valence-corrected chi connectivity index (χ2v) is 7.10. The molecular formula is C17H20N2O3S. The van der Waals surface area contributed by atoms with Crippen molar-refractivity contribution in [2.75, 3.05) is 6.54 Å². The summed E-state index contributed by atoms with van der Waals surface area (Å²) in [6.45, 7) is 4.23. The minimum atomic E-state index is -3.83. The molecule has 23 heavy (non-hydrogen) atoms. The molecule has 0 fully saturated rings. The van der Waals surface area contributed by atoms with Gasteiger partial charge in [0, 0.05) is 12.1 Å². The Morgan fingerprint density at radius 3 is 2.43 bits per heavy atom. The van der Waals surface area contributed by atoms with Crippen LogP contribution in [0.15, 0.2) is 53.4 Å². The first kappa shape index (κ1) is 17.2. The predicted molar refractivity (Wildman–Crippen MR) is 89.7 cm³/mol. The van der Waals surface area contributed by atoms with Gasteiger partial charge in [0.25, 0.3) is 5.91 Å². The van der Waals surface area contributed by atoms with E-state index in [-0.39, 0.29) is 16.7 Å². The molecule has 3 N–H and O–H groups in total. The van der Waals surface area contributed by atoms with Gasteiger partial charge in [0.05, 0.1) is 4.90 Å². The molecule has 1 amide bonds. The number of nitrogens with one attached hydrogen (secondary N) is 1. The first-order chi connectivity index (χ1) is 10.8. The lowest BCUT2D eigenvalue weighted by atomic mass is 10.0. The van der Waals surface area contributed by atoms with Gasteiger partial charge in [-0.1, -0.05) is 43.3 Å². The maximum atomic E-state index is 12.3. The Labute approximate surface area is 136 Å². The molecule has 0 aromatic heterocycles. The highest BCUT2D eigenvalue weighted by Gasteiger charge is 2.15. The molecule has 2 rings (SSSR count). The fourth-order valence-corrected chi connectivity index (χ4v) is 2.80. The first-order valence-corrected chi connectivity index (χ1v) is 8.80. The molecule has 0 aliphatic carbocycles. The molecule has 2 aromatic carbocycles. The van der Waals surface area contributed by atoms with E-state index < -0.39 is 10.0 Å². The Morgan fingerprint density at radius 2 is 1.83 bits per heavy atom. The SMILES string of the molecule is Cc1ccc(S(N)(=O)=O)cc1C(=O)NC[C@@H](C)c1ccccc1. The van der Waals surface area contributed by atoms with Crippen LogP contribution in [0.25, 0.3) is 0 Å². The molecule has 0 heterocycles. The van der Waals surface area contributed by atoms with Crippen LogP contribution in [0.3, 0.4) is 0 Å². The number of hydrogen-bond acceptors (Lipinski definition) is 3. The average Bonchev–Trinajstić information content (AvgIpc) is 2.52. The predicted octanol–water partition coefficient (Wildman–Crippen LogP) is 2.18. The monoisotopic (exact) mass is 332 g/mol. The van der Waals surface area contributed by atoms with E-state index >= 15 is 0 Å². The topological polar surface area (TPSA) is 89.3 Å². The fraction of sp³-hybridized carbons (Fsp3) is 0.235. The van der Waals surface area contributed by atoms with E-state index in [9.17, 15) is 13.2 Å². The smallest absolute Gasteiger partial charge is 0.251 e. The van der Waals surface area contributed by atoms with E-state index in [1.54, 1.807) is 13.0 Å². The normalized spacial score (nSPS) is 12.7. The van der Waals surface area contributed by atoms with Crippen LogP contribution in [0, 0.1) is 6.92 Å². The molecule has 0 aliphatic rings. The highest BCUT2D eigenvalue weighted by atomic mass is 32.2. The first-order valence-electron chi connectivity index (χ1n) is 7.25. The Balaban J connectivity index is 2.12. The Hall–Kier alpha value is -2.18. The van der Waals surface area contributed by atoms with E-state index in [2.05, 4.69) is 5.32 Å². The van der Waals surface area contributed by atoms with Gasteiger partial charge in [-0.3, -0.25) is 4.79 Å². The zero-order chi connectivity index (χ0) is 17.0. The second kappa shape index (κ2) is 6.93. The summed E-state index contributed by atoms with van der Waals surface area (Å²) < 4.78 is 22.8. The molecular weight excluding hydrogens is 312 g/mol. The molecule has 1 atom stereocenters. The summed E-state index contributed by atoms with van der Waals surface area (Å²) in [4.78, 5) is 12.3. The Bertz CT molecular complexity index is 802. The number of benzene rings is 2. The van der Waals surface area contributed by atoms with Gasteiger partial charge in [-0.15, -0.1) is 0 Å². The molecule has 0 spiro atoms. The van der Waals surface area contributed by atoms with E-state index in [1.807, 2.05) is 37.3 Å². The van der Waals surface area contributed by atoms with E-state index in [1.165, 1.54) is 12.1 Å². The van der Waals surface area contributed by atoms with E-state index in [0.29, 0.717) is 17.7 Å². The number of carbonyl (C=O) groups is 1. The van der Waals surface area contributed by atoms with Crippen LogP contribution in [-0.2, 0) is 10.0 Å². The summed E-state index contributed by atoms with van der Waals surface area (Å²) in [7, 11) is -3.83. The lowest BCUT2D eigenvalue weighted by molar-refractivity contribution is 0.0951. The van der Waals surface area contributed by atoms with Crippen LogP contribution >= 0.6 is 0 Å². The van der Waals surface area contributed by atoms with Crippen molar-refractivity contribution in [3.05, 3.63) is 65.2 Å². The maximum Gasteiger partial charge on any atom is 0.251 e. The van der Waals surface area contributed by atoms with Gasteiger partial charge >= 0.3 is 0 Å². The number of rotatable bonds is 5. The highest BCUT2D eigenvalue weighted by Crippen LogP contribution is 2.16. The molecule has 0 saturated heterocycles. The van der Waals surface area contributed by atoms with Gasteiger partial charge in [0.2, 0.25) is 10.0 Å². The summed E-state index contributed by atoms with van der Waals surface area (Å²) in [5.74, 6) is -0.155. The molecule has 2 aromatic rings. The van der Waals surface area contributed by atoms with Crippen LogP contribution in [0.5, 0.6) is 0 Å². The molecule has 5 nitrogen and oxygen atoms in total. The minimum absolute atomic E-state index is 0.0654. The molecule has 0 radical (unpaired) electrons. The molecule has 0 saturated carbocycles. The number of carbonyl (C=O) groups excluding carboxylic acids is 1. The largest absolute Gasteiger partial charge is 0.351 e. The standard InChI is InChI=1S/C17H20N2O3S/c1-12-8-9-15(23(18,21)22)10-16(12)17(20)19-11-13(2)14-6-4-3-5-7-14/h3-10,13H,11H2,1-2H3,(H,19,20)(H2,18,21,22)/t13-/m1/s1. The number of nitrogens with two attached hydrogens (primary N) is 1. The molecule has 0 aliphatic heterocycles. The summed E-state index contributed by atoms with van der Waals surface area (Å²) in [5.41, 5.74) is 2.14. The van der Waals surface area contributed by atoms with Gasteiger partial charge in [0.15, 0.2) is 0 Å². The quantitative estimate of drug-likeness (QED) is 0.879. The van der Waals surface area contributed by atoms with Crippen LogP contribution < -0.4 is 10.5 Å². The Morgan fingerprint density at radius 1 is 1.17 bits per heavy atom. The third kappa shape index (κ3) is 4.40. The lowest BCUT2D eigenvalue weighted by Gasteiger charge is -2.14. The Kier molecular flexibility index (Phi) is 5.18. The summed E-state index contributed by atoms with van der Waals surface area (Å²) >= 11 is 0. The van der Waals surface area contributed by atoms with Gasteiger partial charge in [-0.05, 0) is 36.1 Å². The number of sulfonamides is 1. The number of aryl methyl sites for hydroxylation is 1.